The Balaban J connectivity index is 1.38. The number of anilines is 1. The predicted molar refractivity (Wildman–Crippen MR) is 134 cm³/mol. The third-order valence-corrected chi connectivity index (χ3v) is 6.04. The van der Waals surface area contributed by atoms with Crippen LogP contribution in [-0.2, 0) is 11.3 Å². The second kappa shape index (κ2) is 11.3. The molecule has 1 fully saturated rings. The molecule has 1 N–H and O–H groups in total. The van der Waals surface area contributed by atoms with Gasteiger partial charge in [-0.15, -0.1) is 0 Å². The molecule has 0 atom stereocenters. The SMILES string of the molecule is Cc1ccc(CN(CCCN2CCOCC2)C(=S)Nc2ccc(-c3ccccc3)cc2)o1. The second-order valence-electron chi connectivity index (χ2n) is 8.12. The van der Waals surface area contributed by atoms with Crippen molar-refractivity contribution in [1.29, 1.82) is 0 Å². The van der Waals surface area contributed by atoms with Crippen molar-refractivity contribution in [3.63, 3.8) is 0 Å². The zero-order valence-corrected chi connectivity index (χ0v) is 19.4. The van der Waals surface area contributed by atoms with Crippen molar-refractivity contribution in [2.45, 2.75) is 19.9 Å². The van der Waals surface area contributed by atoms with Crippen LogP contribution in [0.2, 0.25) is 0 Å². The van der Waals surface area contributed by atoms with Crippen molar-refractivity contribution in [3.05, 3.63) is 78.3 Å². The Bertz CT molecular complexity index is 982. The van der Waals surface area contributed by atoms with Crippen LogP contribution in [0.25, 0.3) is 11.1 Å². The highest BCUT2D eigenvalue weighted by atomic mass is 32.1. The molecule has 0 radical (unpaired) electrons. The van der Waals surface area contributed by atoms with Crippen LogP contribution in [0.15, 0.2) is 71.1 Å². The summed E-state index contributed by atoms with van der Waals surface area (Å²) >= 11 is 5.80. The normalized spacial score (nSPS) is 14.3. The van der Waals surface area contributed by atoms with Crippen molar-refractivity contribution < 1.29 is 9.15 Å². The summed E-state index contributed by atoms with van der Waals surface area (Å²) in [6.07, 6.45) is 1.04. The van der Waals surface area contributed by atoms with Gasteiger partial charge in [0, 0.05) is 31.9 Å². The van der Waals surface area contributed by atoms with Crippen molar-refractivity contribution >= 4 is 23.0 Å². The first-order valence-corrected chi connectivity index (χ1v) is 11.6. The summed E-state index contributed by atoms with van der Waals surface area (Å²) in [6, 6.07) is 22.8. The summed E-state index contributed by atoms with van der Waals surface area (Å²) in [5, 5.41) is 4.13. The van der Waals surface area contributed by atoms with Crippen LogP contribution in [0, 0.1) is 6.92 Å². The molecule has 0 aliphatic carbocycles. The molecule has 1 aliphatic heterocycles. The third-order valence-electron chi connectivity index (χ3n) is 5.68. The Hall–Kier alpha value is -2.67. The Labute approximate surface area is 196 Å². The molecular weight excluding hydrogens is 418 g/mol. The van der Waals surface area contributed by atoms with Crippen LogP contribution in [-0.4, -0.2) is 54.3 Å². The summed E-state index contributed by atoms with van der Waals surface area (Å²) in [4.78, 5) is 4.65. The third kappa shape index (κ3) is 6.42. The number of aryl methyl sites for hydroxylation is 1. The Morgan fingerprint density at radius 1 is 0.969 bits per heavy atom. The van der Waals surface area contributed by atoms with E-state index in [4.69, 9.17) is 21.4 Å². The minimum absolute atomic E-state index is 0.658. The highest BCUT2D eigenvalue weighted by molar-refractivity contribution is 7.80. The van der Waals surface area contributed by atoms with Gasteiger partial charge >= 0.3 is 0 Å². The standard InChI is InChI=1S/C26H31N3O2S/c1-21-8-13-25(31-21)20-29(15-5-14-28-16-18-30-19-17-28)26(32)27-24-11-9-23(10-12-24)22-6-3-2-4-7-22/h2-4,6-13H,5,14-20H2,1H3,(H,27,32). The van der Waals surface area contributed by atoms with E-state index in [2.05, 4.69) is 63.6 Å². The number of rotatable bonds is 8. The monoisotopic (exact) mass is 449 g/mol. The van der Waals surface area contributed by atoms with E-state index in [-0.39, 0.29) is 0 Å². The highest BCUT2D eigenvalue weighted by Gasteiger charge is 2.15. The van der Waals surface area contributed by atoms with Gasteiger partial charge in [0.25, 0.3) is 0 Å². The molecule has 2 aromatic carbocycles. The molecule has 0 spiro atoms. The predicted octanol–water partition coefficient (Wildman–Crippen LogP) is 5.18. The number of furan rings is 1. The van der Waals surface area contributed by atoms with Gasteiger partial charge in [-0.25, -0.2) is 0 Å². The largest absolute Gasteiger partial charge is 0.464 e. The Kier molecular flexibility index (Phi) is 7.93. The zero-order chi connectivity index (χ0) is 22.2. The maximum Gasteiger partial charge on any atom is 0.173 e. The van der Waals surface area contributed by atoms with Crippen molar-refractivity contribution in [3.8, 4) is 11.1 Å². The van der Waals surface area contributed by atoms with E-state index in [0.29, 0.717) is 11.7 Å². The topological polar surface area (TPSA) is 40.9 Å². The molecule has 6 heteroatoms. The minimum Gasteiger partial charge on any atom is -0.464 e. The first-order chi connectivity index (χ1) is 15.7. The van der Waals surface area contributed by atoms with Crippen LogP contribution in [0.1, 0.15) is 17.9 Å². The Morgan fingerprint density at radius 3 is 2.38 bits per heavy atom. The van der Waals surface area contributed by atoms with E-state index in [9.17, 15) is 0 Å². The maximum absolute atomic E-state index is 5.82. The van der Waals surface area contributed by atoms with Gasteiger partial charge in [0.1, 0.15) is 11.5 Å². The van der Waals surface area contributed by atoms with Crippen molar-refractivity contribution in [2.24, 2.45) is 0 Å². The number of morpholine rings is 1. The smallest absolute Gasteiger partial charge is 0.173 e. The maximum atomic E-state index is 5.82. The van der Waals surface area contributed by atoms with Crippen LogP contribution in [0.5, 0.6) is 0 Å². The van der Waals surface area contributed by atoms with Gasteiger partial charge in [-0.1, -0.05) is 42.5 Å². The molecule has 5 nitrogen and oxygen atoms in total. The molecule has 0 amide bonds. The van der Waals surface area contributed by atoms with E-state index >= 15 is 0 Å². The molecule has 0 saturated carbocycles. The fourth-order valence-electron chi connectivity index (χ4n) is 3.90. The Morgan fingerprint density at radius 2 is 1.69 bits per heavy atom. The molecule has 3 aromatic rings. The van der Waals surface area contributed by atoms with Crippen LogP contribution in [0.3, 0.4) is 0 Å². The minimum atomic E-state index is 0.658. The number of nitrogens with zero attached hydrogens (tertiary/aromatic N) is 2. The van der Waals surface area contributed by atoms with E-state index in [1.54, 1.807) is 0 Å². The van der Waals surface area contributed by atoms with Gasteiger partial charge in [0.15, 0.2) is 5.11 Å². The number of benzene rings is 2. The van der Waals surface area contributed by atoms with E-state index in [1.807, 2.05) is 25.1 Å². The molecule has 32 heavy (non-hydrogen) atoms. The van der Waals surface area contributed by atoms with Crippen LogP contribution >= 0.6 is 12.2 Å². The fraction of sp³-hybridized carbons (Fsp3) is 0.346. The average Bonchev–Trinajstić information content (AvgIpc) is 3.25. The number of hydrogen-bond acceptors (Lipinski definition) is 4. The van der Waals surface area contributed by atoms with Crippen molar-refractivity contribution in [2.75, 3.05) is 44.7 Å². The van der Waals surface area contributed by atoms with Crippen LogP contribution < -0.4 is 5.32 Å². The lowest BCUT2D eigenvalue weighted by atomic mass is 10.1. The zero-order valence-electron chi connectivity index (χ0n) is 18.6. The number of thiocarbonyl (C=S) groups is 1. The van der Waals surface area contributed by atoms with Crippen molar-refractivity contribution in [1.82, 2.24) is 9.80 Å². The molecule has 0 bridgehead atoms. The van der Waals surface area contributed by atoms with Gasteiger partial charge in [-0.05, 0) is 61.0 Å². The summed E-state index contributed by atoms with van der Waals surface area (Å²) < 4.78 is 11.3. The first-order valence-electron chi connectivity index (χ1n) is 11.2. The fourth-order valence-corrected chi connectivity index (χ4v) is 4.17. The first kappa shape index (κ1) is 22.5. The van der Waals surface area contributed by atoms with E-state index in [0.717, 1.165) is 63.0 Å². The van der Waals surface area contributed by atoms with E-state index < -0.39 is 0 Å². The summed E-state index contributed by atoms with van der Waals surface area (Å²) in [5.74, 6) is 1.85. The van der Waals surface area contributed by atoms with Gasteiger partial charge in [-0.2, -0.15) is 0 Å². The number of hydrogen-bond donors (Lipinski definition) is 1. The lowest BCUT2D eigenvalue weighted by Crippen LogP contribution is -2.39. The lowest BCUT2D eigenvalue weighted by molar-refractivity contribution is 0.0367. The molecule has 168 valence electrons. The van der Waals surface area contributed by atoms with Gasteiger partial charge in [0.05, 0.1) is 19.8 Å². The second-order valence-corrected chi connectivity index (χ2v) is 8.50. The quantitative estimate of drug-likeness (QED) is 0.478. The summed E-state index contributed by atoms with van der Waals surface area (Å²) in [5.41, 5.74) is 3.39. The van der Waals surface area contributed by atoms with Gasteiger partial charge < -0.3 is 19.4 Å². The summed E-state index contributed by atoms with van der Waals surface area (Å²) in [6.45, 7) is 8.21. The summed E-state index contributed by atoms with van der Waals surface area (Å²) in [7, 11) is 0. The highest BCUT2D eigenvalue weighted by Crippen LogP contribution is 2.21. The lowest BCUT2D eigenvalue weighted by Gasteiger charge is -2.29. The average molecular weight is 450 g/mol. The van der Waals surface area contributed by atoms with Gasteiger partial charge in [0.2, 0.25) is 0 Å². The van der Waals surface area contributed by atoms with E-state index in [1.165, 1.54) is 11.1 Å². The van der Waals surface area contributed by atoms with Gasteiger partial charge in [-0.3, -0.25) is 4.90 Å². The molecular formula is C26H31N3O2S. The number of ether oxygens (including phenoxy) is 1. The molecule has 0 unspecified atom stereocenters. The molecule has 4 rings (SSSR count). The molecule has 1 aliphatic rings. The molecule has 2 heterocycles. The number of nitrogens with one attached hydrogen (secondary N) is 1. The molecule has 1 aromatic heterocycles. The van der Waals surface area contributed by atoms with Crippen LogP contribution in [0.4, 0.5) is 5.69 Å². The molecule has 1 saturated heterocycles.